The molecule has 0 saturated heterocycles. The third kappa shape index (κ3) is 2.62. The van der Waals surface area contributed by atoms with Crippen LogP contribution in [0.3, 0.4) is 0 Å². The molecule has 2 nitrogen and oxygen atoms in total. The molecule has 1 unspecified atom stereocenters. The van der Waals surface area contributed by atoms with E-state index in [0.717, 1.165) is 6.42 Å². The molecule has 2 aromatic rings. The Labute approximate surface area is 115 Å². The normalized spacial score (nSPS) is 13.0. The van der Waals surface area contributed by atoms with Crippen molar-refractivity contribution >= 4 is 49.9 Å². The summed E-state index contributed by atoms with van der Waals surface area (Å²) in [5.41, 5.74) is 1.27. The van der Waals surface area contributed by atoms with Gasteiger partial charge in [-0.1, -0.05) is 22.0 Å². The number of halogens is 2. The molecule has 0 aliphatic carbocycles. The summed E-state index contributed by atoms with van der Waals surface area (Å²) in [7, 11) is 1.97. The van der Waals surface area contributed by atoms with Gasteiger partial charge in [0.1, 0.15) is 3.70 Å². The van der Waals surface area contributed by atoms with Gasteiger partial charge in [-0.05, 0) is 40.5 Å². The van der Waals surface area contributed by atoms with E-state index in [1.807, 2.05) is 17.9 Å². The molecule has 15 heavy (non-hydrogen) atoms. The zero-order valence-electron chi connectivity index (χ0n) is 8.15. The maximum atomic E-state index is 4.25. The summed E-state index contributed by atoms with van der Waals surface area (Å²) in [6.45, 7) is 0. The highest BCUT2D eigenvalue weighted by Gasteiger charge is 2.15. The van der Waals surface area contributed by atoms with Gasteiger partial charge in [0.05, 0.1) is 6.20 Å². The minimum absolute atomic E-state index is 0.358. The van der Waals surface area contributed by atoms with Crippen LogP contribution in [0, 0.1) is 3.70 Å². The van der Waals surface area contributed by atoms with Crippen molar-refractivity contribution in [2.45, 2.75) is 11.2 Å². The van der Waals surface area contributed by atoms with Gasteiger partial charge in [-0.3, -0.25) is 4.68 Å². The first-order chi connectivity index (χ1) is 7.18. The van der Waals surface area contributed by atoms with E-state index in [9.17, 15) is 0 Å². The van der Waals surface area contributed by atoms with Crippen LogP contribution in [0.15, 0.2) is 23.7 Å². The third-order valence-electron chi connectivity index (χ3n) is 2.19. The average Bonchev–Trinajstić information content (AvgIpc) is 2.79. The van der Waals surface area contributed by atoms with Gasteiger partial charge in [0.2, 0.25) is 0 Å². The van der Waals surface area contributed by atoms with Gasteiger partial charge in [0, 0.05) is 22.3 Å². The summed E-state index contributed by atoms with van der Waals surface area (Å²) < 4.78 is 3.10. The number of nitrogens with zero attached hydrogens (tertiary/aromatic N) is 2. The van der Waals surface area contributed by atoms with Gasteiger partial charge in [-0.2, -0.15) is 5.10 Å². The van der Waals surface area contributed by atoms with Gasteiger partial charge in [0.25, 0.3) is 0 Å². The fourth-order valence-corrected chi connectivity index (χ4v) is 4.08. The molecule has 2 aromatic heterocycles. The molecule has 0 aliphatic rings. The fourth-order valence-electron chi connectivity index (χ4n) is 1.37. The molecule has 1 atom stereocenters. The molecule has 0 radical (unpaired) electrons. The molecule has 0 saturated carbocycles. The molecule has 0 aromatic carbocycles. The van der Waals surface area contributed by atoms with Gasteiger partial charge >= 0.3 is 0 Å². The van der Waals surface area contributed by atoms with E-state index in [4.69, 9.17) is 0 Å². The first kappa shape index (κ1) is 11.6. The summed E-state index contributed by atoms with van der Waals surface area (Å²) >= 11 is 7.85. The van der Waals surface area contributed by atoms with Crippen LogP contribution < -0.4 is 0 Å². The Morgan fingerprint density at radius 1 is 1.67 bits per heavy atom. The summed E-state index contributed by atoms with van der Waals surface area (Å²) in [5.74, 6) is 0. The van der Waals surface area contributed by atoms with Crippen molar-refractivity contribution in [3.05, 3.63) is 37.9 Å². The lowest BCUT2D eigenvalue weighted by atomic mass is 10.2. The quantitative estimate of drug-likeness (QED) is 0.570. The monoisotopic (exact) mass is 396 g/mol. The smallest absolute Gasteiger partial charge is 0.103 e. The summed E-state index contributed by atoms with van der Waals surface area (Å²) in [4.78, 5) is 1.76. The number of aryl methyl sites for hydroxylation is 1. The molecule has 0 fully saturated rings. The summed E-state index contributed by atoms with van der Waals surface area (Å²) in [6.07, 6.45) is 2.97. The Balaban J connectivity index is 2.14. The zero-order valence-corrected chi connectivity index (χ0v) is 12.7. The predicted octanol–water partition coefficient (Wildman–Crippen LogP) is 3.76. The van der Waals surface area contributed by atoms with Crippen LogP contribution >= 0.6 is 49.9 Å². The van der Waals surface area contributed by atoms with Crippen LogP contribution in [0.5, 0.6) is 0 Å². The molecule has 2 rings (SSSR count). The van der Waals surface area contributed by atoms with E-state index < -0.39 is 0 Å². The highest BCUT2D eigenvalue weighted by molar-refractivity contribution is 14.1. The lowest BCUT2D eigenvalue weighted by Crippen LogP contribution is -1.97. The Kier molecular flexibility index (Phi) is 3.84. The van der Waals surface area contributed by atoms with Crippen molar-refractivity contribution in [3.8, 4) is 0 Å². The second kappa shape index (κ2) is 4.97. The topological polar surface area (TPSA) is 17.8 Å². The van der Waals surface area contributed by atoms with E-state index in [2.05, 4.69) is 61.1 Å². The molecule has 0 spiro atoms. The van der Waals surface area contributed by atoms with Crippen molar-refractivity contribution < 1.29 is 0 Å². The Bertz CT molecular complexity index is 438. The van der Waals surface area contributed by atoms with Crippen molar-refractivity contribution in [1.82, 2.24) is 9.78 Å². The van der Waals surface area contributed by atoms with Gasteiger partial charge < -0.3 is 0 Å². The fraction of sp³-hybridized carbons (Fsp3) is 0.300. The lowest BCUT2D eigenvalue weighted by molar-refractivity contribution is 0.745. The average molecular weight is 397 g/mol. The van der Waals surface area contributed by atoms with E-state index >= 15 is 0 Å². The molecule has 80 valence electrons. The number of aromatic nitrogens is 2. The van der Waals surface area contributed by atoms with E-state index in [1.54, 1.807) is 11.3 Å². The van der Waals surface area contributed by atoms with Gasteiger partial charge in [-0.15, -0.1) is 11.3 Å². The molecule has 0 amide bonds. The van der Waals surface area contributed by atoms with Crippen LogP contribution in [0.4, 0.5) is 0 Å². The number of rotatable bonds is 3. The van der Waals surface area contributed by atoms with Crippen LogP contribution in [0.1, 0.15) is 15.3 Å². The first-order valence-electron chi connectivity index (χ1n) is 4.52. The Hall–Kier alpha value is 0.120. The SMILES string of the molecule is Cn1ncc(C(Br)Cc2cccs2)c1I. The van der Waals surface area contributed by atoms with E-state index in [-0.39, 0.29) is 0 Å². The minimum Gasteiger partial charge on any atom is -0.262 e. The molecule has 2 heterocycles. The van der Waals surface area contributed by atoms with Crippen molar-refractivity contribution in [2.75, 3.05) is 0 Å². The van der Waals surface area contributed by atoms with Crippen molar-refractivity contribution in [1.29, 1.82) is 0 Å². The van der Waals surface area contributed by atoms with E-state index in [1.165, 1.54) is 14.1 Å². The van der Waals surface area contributed by atoms with Crippen molar-refractivity contribution in [3.63, 3.8) is 0 Å². The number of alkyl halides is 1. The molecular weight excluding hydrogens is 387 g/mol. The van der Waals surface area contributed by atoms with Gasteiger partial charge in [0.15, 0.2) is 0 Å². The minimum atomic E-state index is 0.358. The third-order valence-corrected chi connectivity index (χ3v) is 5.23. The predicted molar refractivity (Wildman–Crippen MR) is 75.6 cm³/mol. The second-order valence-corrected chi connectivity index (χ2v) is 6.42. The van der Waals surface area contributed by atoms with Crippen LogP contribution in [-0.2, 0) is 13.5 Å². The summed E-state index contributed by atoms with van der Waals surface area (Å²) in [5, 5.41) is 6.36. The molecule has 5 heteroatoms. The zero-order chi connectivity index (χ0) is 10.8. The number of hydrogen-bond donors (Lipinski definition) is 0. The Morgan fingerprint density at radius 3 is 3.00 bits per heavy atom. The van der Waals surface area contributed by atoms with Crippen LogP contribution in [0.25, 0.3) is 0 Å². The lowest BCUT2D eigenvalue weighted by Gasteiger charge is -2.06. The molecule has 0 aliphatic heterocycles. The highest BCUT2D eigenvalue weighted by Crippen LogP contribution is 2.31. The first-order valence-corrected chi connectivity index (χ1v) is 7.39. The molecule has 0 N–H and O–H groups in total. The standard InChI is InChI=1S/C10H10BrIN2S/c1-14-10(12)8(6-13-14)9(11)5-7-3-2-4-15-7/h2-4,6,9H,5H2,1H3. The highest BCUT2D eigenvalue weighted by atomic mass is 127. The van der Waals surface area contributed by atoms with Crippen LogP contribution in [0.2, 0.25) is 0 Å². The largest absolute Gasteiger partial charge is 0.262 e. The Morgan fingerprint density at radius 2 is 2.47 bits per heavy atom. The molecular formula is C10H10BrIN2S. The maximum Gasteiger partial charge on any atom is 0.103 e. The van der Waals surface area contributed by atoms with E-state index in [0.29, 0.717) is 4.83 Å². The summed E-state index contributed by atoms with van der Waals surface area (Å²) in [6, 6.07) is 4.26. The second-order valence-electron chi connectivity index (χ2n) is 3.27. The molecule has 0 bridgehead atoms. The van der Waals surface area contributed by atoms with Gasteiger partial charge in [-0.25, -0.2) is 0 Å². The number of thiophene rings is 1. The van der Waals surface area contributed by atoms with Crippen molar-refractivity contribution in [2.24, 2.45) is 7.05 Å². The number of hydrogen-bond acceptors (Lipinski definition) is 2. The maximum absolute atomic E-state index is 4.25. The van der Waals surface area contributed by atoms with Crippen LogP contribution in [-0.4, -0.2) is 9.78 Å².